The highest BCUT2D eigenvalue weighted by Gasteiger charge is 2.28. The number of nitrogens with one attached hydrogen (secondary N) is 1. The van der Waals surface area contributed by atoms with Crippen LogP contribution in [0.25, 0.3) is 0 Å². The molecule has 3 atom stereocenters. The molecule has 1 heterocycles. The molecule has 1 aliphatic heterocycles. The minimum atomic E-state index is 0.621. The summed E-state index contributed by atoms with van der Waals surface area (Å²) in [5.41, 5.74) is 0. The summed E-state index contributed by atoms with van der Waals surface area (Å²) < 4.78 is 0. The standard InChI is InChI=1S/C13H29N3/c1-11(14-3)9-12(2)16-8-6-7-13(16)10-15(4)5/h11-14H,6-10H2,1-5H3. The van der Waals surface area contributed by atoms with Crippen LogP contribution in [0.15, 0.2) is 0 Å². The first-order valence-electron chi connectivity index (χ1n) is 6.62. The van der Waals surface area contributed by atoms with E-state index in [4.69, 9.17) is 0 Å². The smallest absolute Gasteiger partial charge is 0.0226 e. The molecule has 0 spiro atoms. The lowest BCUT2D eigenvalue weighted by molar-refractivity contribution is 0.149. The van der Waals surface area contributed by atoms with Crippen LogP contribution in [-0.4, -0.2) is 62.2 Å². The van der Waals surface area contributed by atoms with Crippen molar-refractivity contribution in [1.82, 2.24) is 15.1 Å². The Morgan fingerprint density at radius 1 is 1.38 bits per heavy atom. The largest absolute Gasteiger partial charge is 0.317 e. The van der Waals surface area contributed by atoms with Gasteiger partial charge in [-0.15, -0.1) is 0 Å². The van der Waals surface area contributed by atoms with Crippen LogP contribution in [0.4, 0.5) is 0 Å². The van der Waals surface area contributed by atoms with Crippen molar-refractivity contribution in [3.05, 3.63) is 0 Å². The lowest BCUT2D eigenvalue weighted by atomic mass is 10.1. The SMILES string of the molecule is CNC(C)CC(C)N1CCCC1CN(C)C. The highest BCUT2D eigenvalue weighted by atomic mass is 15.2. The molecule has 0 aliphatic carbocycles. The first kappa shape index (κ1) is 13.9. The van der Waals surface area contributed by atoms with E-state index < -0.39 is 0 Å². The molecule has 0 aromatic heterocycles. The third kappa shape index (κ3) is 4.04. The Morgan fingerprint density at radius 2 is 2.06 bits per heavy atom. The molecule has 3 heteroatoms. The fourth-order valence-corrected chi connectivity index (χ4v) is 2.82. The van der Waals surface area contributed by atoms with Gasteiger partial charge in [0, 0.05) is 24.7 Å². The summed E-state index contributed by atoms with van der Waals surface area (Å²) >= 11 is 0. The molecular formula is C13H29N3. The van der Waals surface area contributed by atoms with E-state index in [1.807, 2.05) is 0 Å². The fraction of sp³-hybridized carbons (Fsp3) is 1.00. The monoisotopic (exact) mass is 227 g/mol. The van der Waals surface area contributed by atoms with E-state index in [2.05, 4.69) is 50.1 Å². The molecule has 0 saturated carbocycles. The van der Waals surface area contributed by atoms with Gasteiger partial charge in [-0.05, 0) is 60.8 Å². The summed E-state index contributed by atoms with van der Waals surface area (Å²) in [4.78, 5) is 5.02. The van der Waals surface area contributed by atoms with Crippen molar-refractivity contribution in [2.45, 2.75) is 51.2 Å². The molecule has 0 aromatic rings. The lowest BCUT2D eigenvalue weighted by Crippen LogP contribution is -2.44. The Bertz CT molecular complexity index is 194. The molecule has 1 rings (SSSR count). The number of hydrogen-bond acceptors (Lipinski definition) is 3. The average molecular weight is 227 g/mol. The zero-order valence-electron chi connectivity index (χ0n) is 11.7. The van der Waals surface area contributed by atoms with Gasteiger partial charge in [0.05, 0.1) is 0 Å². The van der Waals surface area contributed by atoms with E-state index in [0.29, 0.717) is 12.1 Å². The Balaban J connectivity index is 2.43. The maximum atomic E-state index is 3.34. The second kappa shape index (κ2) is 6.58. The molecule has 0 amide bonds. The van der Waals surface area contributed by atoms with Crippen LogP contribution < -0.4 is 5.32 Å². The predicted octanol–water partition coefficient (Wildman–Crippen LogP) is 1.40. The Morgan fingerprint density at radius 3 is 2.62 bits per heavy atom. The zero-order chi connectivity index (χ0) is 12.1. The number of rotatable bonds is 6. The number of likely N-dealkylation sites (N-methyl/N-ethyl adjacent to an activating group) is 1. The van der Waals surface area contributed by atoms with Gasteiger partial charge in [-0.2, -0.15) is 0 Å². The van der Waals surface area contributed by atoms with Gasteiger partial charge >= 0.3 is 0 Å². The molecule has 3 nitrogen and oxygen atoms in total. The van der Waals surface area contributed by atoms with Crippen molar-refractivity contribution >= 4 is 0 Å². The van der Waals surface area contributed by atoms with E-state index in [-0.39, 0.29) is 0 Å². The summed E-state index contributed by atoms with van der Waals surface area (Å²) in [6, 6.07) is 2.10. The minimum Gasteiger partial charge on any atom is -0.317 e. The van der Waals surface area contributed by atoms with E-state index in [0.717, 1.165) is 6.04 Å². The number of nitrogens with zero attached hydrogens (tertiary/aromatic N) is 2. The van der Waals surface area contributed by atoms with E-state index in [9.17, 15) is 0 Å². The van der Waals surface area contributed by atoms with E-state index in [1.54, 1.807) is 0 Å². The van der Waals surface area contributed by atoms with Gasteiger partial charge in [-0.25, -0.2) is 0 Å². The van der Waals surface area contributed by atoms with Gasteiger partial charge in [0.2, 0.25) is 0 Å². The molecular weight excluding hydrogens is 198 g/mol. The van der Waals surface area contributed by atoms with Crippen LogP contribution in [0.5, 0.6) is 0 Å². The fourth-order valence-electron chi connectivity index (χ4n) is 2.82. The summed E-state index contributed by atoms with van der Waals surface area (Å²) in [7, 11) is 6.41. The Labute approximate surface area is 101 Å². The van der Waals surface area contributed by atoms with Gasteiger partial charge in [-0.3, -0.25) is 4.90 Å². The topological polar surface area (TPSA) is 18.5 Å². The molecule has 0 bridgehead atoms. The third-order valence-electron chi connectivity index (χ3n) is 3.75. The Hall–Kier alpha value is -0.120. The van der Waals surface area contributed by atoms with Crippen LogP contribution in [0.2, 0.25) is 0 Å². The number of hydrogen-bond donors (Lipinski definition) is 1. The highest BCUT2D eigenvalue weighted by Crippen LogP contribution is 2.22. The van der Waals surface area contributed by atoms with E-state index in [1.165, 1.54) is 32.4 Å². The second-order valence-corrected chi connectivity index (χ2v) is 5.57. The normalized spacial score (nSPS) is 26.2. The van der Waals surface area contributed by atoms with Crippen molar-refractivity contribution in [1.29, 1.82) is 0 Å². The van der Waals surface area contributed by atoms with Crippen molar-refractivity contribution in [2.24, 2.45) is 0 Å². The molecule has 1 saturated heterocycles. The molecule has 16 heavy (non-hydrogen) atoms. The zero-order valence-corrected chi connectivity index (χ0v) is 11.7. The van der Waals surface area contributed by atoms with Crippen molar-refractivity contribution in [2.75, 3.05) is 34.2 Å². The highest BCUT2D eigenvalue weighted by molar-refractivity contribution is 4.85. The minimum absolute atomic E-state index is 0.621. The molecule has 1 fully saturated rings. The maximum Gasteiger partial charge on any atom is 0.0226 e. The van der Waals surface area contributed by atoms with Gasteiger partial charge in [0.15, 0.2) is 0 Å². The van der Waals surface area contributed by atoms with E-state index >= 15 is 0 Å². The lowest BCUT2D eigenvalue weighted by Gasteiger charge is -2.33. The van der Waals surface area contributed by atoms with Crippen molar-refractivity contribution in [3.8, 4) is 0 Å². The maximum absolute atomic E-state index is 3.34. The van der Waals surface area contributed by atoms with Crippen LogP contribution in [0.1, 0.15) is 33.1 Å². The molecule has 1 aliphatic rings. The first-order valence-corrected chi connectivity index (χ1v) is 6.62. The quantitative estimate of drug-likeness (QED) is 0.740. The van der Waals surface area contributed by atoms with Crippen LogP contribution in [-0.2, 0) is 0 Å². The molecule has 0 radical (unpaired) electrons. The van der Waals surface area contributed by atoms with Gasteiger partial charge in [-0.1, -0.05) is 0 Å². The molecule has 96 valence electrons. The molecule has 0 aromatic carbocycles. The van der Waals surface area contributed by atoms with Crippen LogP contribution in [0, 0.1) is 0 Å². The summed E-state index contributed by atoms with van der Waals surface area (Å²) in [5.74, 6) is 0. The Kier molecular flexibility index (Phi) is 5.73. The molecule has 1 N–H and O–H groups in total. The van der Waals surface area contributed by atoms with Crippen molar-refractivity contribution < 1.29 is 0 Å². The average Bonchev–Trinajstić information content (AvgIpc) is 2.64. The summed E-state index contributed by atoms with van der Waals surface area (Å²) in [6.07, 6.45) is 3.99. The van der Waals surface area contributed by atoms with Crippen LogP contribution >= 0.6 is 0 Å². The molecule has 3 unspecified atom stereocenters. The second-order valence-electron chi connectivity index (χ2n) is 5.57. The van der Waals surface area contributed by atoms with Gasteiger partial charge < -0.3 is 10.2 Å². The number of likely N-dealkylation sites (tertiary alicyclic amines) is 1. The van der Waals surface area contributed by atoms with Gasteiger partial charge in [0.25, 0.3) is 0 Å². The van der Waals surface area contributed by atoms with Crippen LogP contribution in [0.3, 0.4) is 0 Å². The summed E-state index contributed by atoms with van der Waals surface area (Å²) in [5, 5.41) is 3.34. The van der Waals surface area contributed by atoms with Gasteiger partial charge in [0.1, 0.15) is 0 Å². The third-order valence-corrected chi connectivity index (χ3v) is 3.75. The summed E-state index contributed by atoms with van der Waals surface area (Å²) in [6.45, 7) is 7.14. The predicted molar refractivity (Wildman–Crippen MR) is 70.9 cm³/mol. The van der Waals surface area contributed by atoms with Crippen molar-refractivity contribution in [3.63, 3.8) is 0 Å². The first-order chi connectivity index (χ1) is 7.54.